The predicted octanol–water partition coefficient (Wildman–Crippen LogP) is -0.463. The summed E-state index contributed by atoms with van der Waals surface area (Å²) in [6.07, 6.45) is 0.730. The van der Waals surface area contributed by atoms with E-state index in [0.717, 1.165) is 6.42 Å². The van der Waals surface area contributed by atoms with Crippen LogP contribution in [0.4, 0.5) is 4.79 Å². The Hall–Kier alpha value is -1.34. The fourth-order valence-electron chi connectivity index (χ4n) is 1.69. The number of primary amides is 1. The first-order chi connectivity index (χ1) is 8.97. The van der Waals surface area contributed by atoms with Gasteiger partial charge >= 0.3 is 6.03 Å². The second-order valence-corrected chi connectivity index (χ2v) is 4.41. The van der Waals surface area contributed by atoms with Crippen LogP contribution >= 0.6 is 0 Å². The summed E-state index contributed by atoms with van der Waals surface area (Å²) in [6.45, 7) is 4.60. The van der Waals surface area contributed by atoms with Gasteiger partial charge in [0.1, 0.15) is 6.04 Å². The number of hydrogen-bond donors (Lipinski definition) is 3. The highest BCUT2D eigenvalue weighted by molar-refractivity contribution is 5.86. The Morgan fingerprint density at radius 3 is 2.47 bits per heavy atom. The zero-order valence-electron chi connectivity index (χ0n) is 11.9. The first kappa shape index (κ1) is 17.7. The van der Waals surface area contributed by atoms with Crippen LogP contribution in [0.5, 0.6) is 0 Å². The lowest BCUT2D eigenvalue weighted by atomic mass is 9.98. The summed E-state index contributed by atoms with van der Waals surface area (Å²) < 4.78 is 4.93. The number of urea groups is 1. The second-order valence-electron chi connectivity index (χ2n) is 4.41. The Bertz CT molecular complexity index is 286. The van der Waals surface area contributed by atoms with Gasteiger partial charge in [0, 0.05) is 20.2 Å². The Morgan fingerprint density at radius 1 is 1.42 bits per heavy atom. The number of methoxy groups -OCH3 is 1. The molecule has 0 aromatic heterocycles. The Morgan fingerprint density at radius 2 is 2.05 bits per heavy atom. The van der Waals surface area contributed by atoms with Gasteiger partial charge in [-0.3, -0.25) is 4.79 Å². The molecule has 0 aromatic carbocycles. The lowest BCUT2D eigenvalue weighted by Gasteiger charge is -2.29. The smallest absolute Gasteiger partial charge is 0.312 e. The summed E-state index contributed by atoms with van der Waals surface area (Å²) in [7, 11) is 1.54. The Kier molecular flexibility index (Phi) is 8.90. The quantitative estimate of drug-likeness (QED) is 0.529. The van der Waals surface area contributed by atoms with Crippen molar-refractivity contribution in [2.24, 2.45) is 11.7 Å². The van der Waals surface area contributed by atoms with Gasteiger partial charge in [-0.25, -0.2) is 4.79 Å². The van der Waals surface area contributed by atoms with Gasteiger partial charge in [-0.2, -0.15) is 0 Å². The van der Waals surface area contributed by atoms with Gasteiger partial charge in [-0.15, -0.1) is 0 Å². The summed E-state index contributed by atoms with van der Waals surface area (Å²) >= 11 is 0. The molecule has 0 saturated heterocycles. The maximum atomic E-state index is 12.4. The van der Waals surface area contributed by atoms with Gasteiger partial charge in [-0.05, 0) is 5.92 Å². The highest BCUT2D eigenvalue weighted by Gasteiger charge is 2.29. The summed E-state index contributed by atoms with van der Waals surface area (Å²) in [5.41, 5.74) is 5.10. The molecule has 0 heterocycles. The van der Waals surface area contributed by atoms with Gasteiger partial charge < -0.3 is 25.8 Å². The third-order valence-corrected chi connectivity index (χ3v) is 3.02. The molecule has 0 aliphatic heterocycles. The Balaban J connectivity index is 4.83. The molecular weight excluding hydrogens is 250 g/mol. The van der Waals surface area contributed by atoms with Gasteiger partial charge in [0.2, 0.25) is 5.91 Å². The van der Waals surface area contributed by atoms with Gasteiger partial charge in [0.25, 0.3) is 0 Å². The van der Waals surface area contributed by atoms with Crippen LogP contribution in [-0.2, 0) is 9.53 Å². The molecule has 0 fully saturated rings. The average Bonchev–Trinajstić information content (AvgIpc) is 2.39. The van der Waals surface area contributed by atoms with Crippen molar-refractivity contribution < 1.29 is 19.4 Å². The van der Waals surface area contributed by atoms with Crippen LogP contribution in [0.1, 0.15) is 20.3 Å². The normalized spacial score (nSPS) is 13.7. The highest BCUT2D eigenvalue weighted by atomic mass is 16.5. The van der Waals surface area contributed by atoms with E-state index in [1.807, 2.05) is 13.8 Å². The molecule has 4 N–H and O–H groups in total. The number of hydrogen-bond acceptors (Lipinski definition) is 4. The van der Waals surface area contributed by atoms with Crippen LogP contribution < -0.4 is 11.1 Å². The van der Waals surface area contributed by atoms with E-state index >= 15 is 0 Å². The molecule has 112 valence electrons. The minimum atomic E-state index is -0.727. The van der Waals surface area contributed by atoms with Crippen molar-refractivity contribution in [2.45, 2.75) is 26.3 Å². The van der Waals surface area contributed by atoms with Crippen LogP contribution in [0.3, 0.4) is 0 Å². The number of nitrogens with two attached hydrogens (primary N) is 1. The lowest BCUT2D eigenvalue weighted by Crippen LogP contribution is -2.54. The number of carbonyl (C=O) groups excluding carboxylic acids is 2. The van der Waals surface area contributed by atoms with Crippen LogP contribution in [0.2, 0.25) is 0 Å². The highest BCUT2D eigenvalue weighted by Crippen LogP contribution is 2.11. The third-order valence-electron chi connectivity index (χ3n) is 3.02. The molecule has 0 saturated carbocycles. The van der Waals surface area contributed by atoms with Gasteiger partial charge in [0.15, 0.2) is 0 Å². The van der Waals surface area contributed by atoms with Gasteiger partial charge in [-0.1, -0.05) is 20.3 Å². The summed E-state index contributed by atoms with van der Waals surface area (Å²) in [5, 5.41) is 11.5. The number of aliphatic hydroxyl groups is 1. The molecule has 0 radical (unpaired) electrons. The molecule has 19 heavy (non-hydrogen) atoms. The molecule has 0 spiro atoms. The van der Waals surface area contributed by atoms with Crippen molar-refractivity contribution in [1.29, 1.82) is 0 Å². The van der Waals surface area contributed by atoms with E-state index in [2.05, 4.69) is 5.32 Å². The number of ether oxygens (including phenoxy) is 1. The fourth-order valence-corrected chi connectivity index (χ4v) is 1.69. The number of amides is 3. The van der Waals surface area contributed by atoms with Crippen LogP contribution in [-0.4, -0.2) is 61.4 Å². The van der Waals surface area contributed by atoms with Crippen molar-refractivity contribution in [3.63, 3.8) is 0 Å². The fraction of sp³-hybridized carbons (Fsp3) is 0.833. The molecule has 3 amide bonds. The number of carbonyl (C=O) groups is 2. The molecule has 7 heteroatoms. The molecule has 0 aromatic rings. The molecule has 2 atom stereocenters. The van der Waals surface area contributed by atoms with E-state index in [-0.39, 0.29) is 25.0 Å². The Labute approximate surface area is 114 Å². The molecule has 0 bridgehead atoms. The summed E-state index contributed by atoms with van der Waals surface area (Å²) in [4.78, 5) is 24.8. The lowest BCUT2D eigenvalue weighted by molar-refractivity contribution is -0.135. The van der Waals surface area contributed by atoms with Gasteiger partial charge in [0.05, 0.1) is 13.2 Å². The standard InChI is InChI=1S/C12H25N3O4/c1-4-9(2)10(14-12(13)18)11(17)15(5-7-16)6-8-19-3/h9-10,16H,4-8H2,1-3H3,(H3,13,14,18). The zero-order chi connectivity index (χ0) is 14.8. The van der Waals surface area contributed by atoms with Crippen LogP contribution in [0, 0.1) is 5.92 Å². The first-order valence-corrected chi connectivity index (χ1v) is 6.42. The van der Waals surface area contributed by atoms with E-state index in [0.29, 0.717) is 13.2 Å². The molecular formula is C12H25N3O4. The number of nitrogens with zero attached hydrogens (tertiary/aromatic N) is 1. The third kappa shape index (κ3) is 6.40. The van der Waals surface area contributed by atoms with E-state index in [9.17, 15) is 9.59 Å². The van der Waals surface area contributed by atoms with Crippen molar-refractivity contribution >= 4 is 11.9 Å². The maximum absolute atomic E-state index is 12.4. The monoisotopic (exact) mass is 275 g/mol. The van der Waals surface area contributed by atoms with Crippen molar-refractivity contribution in [1.82, 2.24) is 10.2 Å². The maximum Gasteiger partial charge on any atom is 0.312 e. The second kappa shape index (κ2) is 9.57. The molecule has 0 aliphatic carbocycles. The van der Waals surface area contributed by atoms with Crippen LogP contribution in [0.15, 0.2) is 0 Å². The minimum absolute atomic E-state index is 0.0382. The zero-order valence-corrected chi connectivity index (χ0v) is 11.9. The molecule has 0 aliphatic rings. The van der Waals surface area contributed by atoms with Crippen molar-refractivity contribution in [2.75, 3.05) is 33.4 Å². The van der Waals surface area contributed by atoms with E-state index in [1.165, 1.54) is 12.0 Å². The largest absolute Gasteiger partial charge is 0.395 e. The van der Waals surface area contributed by atoms with E-state index in [4.69, 9.17) is 15.6 Å². The van der Waals surface area contributed by atoms with E-state index < -0.39 is 12.1 Å². The molecule has 7 nitrogen and oxygen atoms in total. The summed E-state index contributed by atoms with van der Waals surface area (Å²) in [5.74, 6) is -0.289. The number of nitrogens with one attached hydrogen (secondary N) is 1. The minimum Gasteiger partial charge on any atom is -0.395 e. The molecule has 0 rings (SSSR count). The number of rotatable bonds is 9. The summed E-state index contributed by atoms with van der Waals surface area (Å²) in [6, 6.07) is -1.40. The first-order valence-electron chi connectivity index (χ1n) is 6.42. The van der Waals surface area contributed by atoms with E-state index in [1.54, 1.807) is 0 Å². The average molecular weight is 275 g/mol. The van der Waals surface area contributed by atoms with Crippen molar-refractivity contribution in [3.05, 3.63) is 0 Å². The topological polar surface area (TPSA) is 105 Å². The van der Waals surface area contributed by atoms with Crippen LogP contribution in [0.25, 0.3) is 0 Å². The SMILES string of the molecule is CCC(C)C(NC(N)=O)C(=O)N(CCO)CCOC. The predicted molar refractivity (Wildman–Crippen MR) is 71.5 cm³/mol. The number of aliphatic hydroxyl groups excluding tert-OH is 1. The van der Waals surface area contributed by atoms with Crippen molar-refractivity contribution in [3.8, 4) is 0 Å². The molecule has 2 unspecified atom stereocenters.